The Morgan fingerprint density at radius 3 is 1.19 bits per heavy atom. The van der Waals surface area contributed by atoms with Gasteiger partial charge in [-0.3, -0.25) is 0 Å². The molecule has 0 atom stereocenters. The fourth-order valence-electron chi connectivity index (χ4n) is 8.87. The summed E-state index contributed by atoms with van der Waals surface area (Å²) in [7, 11) is 0. The van der Waals surface area contributed by atoms with Crippen molar-refractivity contribution in [3.05, 3.63) is 170 Å². The number of hydrogen-bond donors (Lipinski definition) is 0. The van der Waals surface area contributed by atoms with Gasteiger partial charge < -0.3 is 8.83 Å². The minimum Gasteiger partial charge on any atom is -0.455 e. The predicted octanol–water partition coefficient (Wildman–Crippen LogP) is 14.6. The van der Waals surface area contributed by atoms with Gasteiger partial charge in [0, 0.05) is 37.9 Å². The van der Waals surface area contributed by atoms with E-state index in [1.807, 2.05) is 0 Å². The lowest BCUT2D eigenvalue weighted by atomic mass is 9.84. The molecule has 0 saturated heterocycles. The van der Waals surface area contributed by atoms with Gasteiger partial charge in [-0.05, 0) is 78.5 Å². The van der Waals surface area contributed by atoms with Crippen LogP contribution in [0.3, 0.4) is 0 Å². The molecule has 0 amide bonds. The van der Waals surface area contributed by atoms with E-state index in [4.69, 9.17) is 8.83 Å². The Bertz CT molecular complexity index is 3280. The summed E-state index contributed by atoms with van der Waals surface area (Å²) >= 11 is 0. The van der Waals surface area contributed by atoms with Gasteiger partial charge in [0.1, 0.15) is 22.3 Å². The lowest BCUT2D eigenvalue weighted by Gasteiger charge is -2.18. The van der Waals surface area contributed by atoms with E-state index in [0.29, 0.717) is 0 Å². The Labute approximate surface area is 297 Å². The number of hydrogen-bond acceptors (Lipinski definition) is 2. The topological polar surface area (TPSA) is 26.3 Å². The average Bonchev–Trinajstić information content (AvgIpc) is 3.78. The summed E-state index contributed by atoms with van der Waals surface area (Å²) in [5, 5.41) is 16.1. The van der Waals surface area contributed by atoms with Crippen LogP contribution in [-0.2, 0) is 0 Å². The molecule has 2 aromatic heterocycles. The van der Waals surface area contributed by atoms with E-state index in [-0.39, 0.29) is 0 Å². The lowest BCUT2D eigenvalue weighted by molar-refractivity contribution is 0.662. The largest absolute Gasteiger partial charge is 0.455 e. The Morgan fingerprint density at radius 1 is 0.231 bits per heavy atom. The van der Waals surface area contributed by atoms with Gasteiger partial charge in [0.25, 0.3) is 0 Å². The quantitative estimate of drug-likeness (QED) is 0.173. The van der Waals surface area contributed by atoms with Gasteiger partial charge in [0.05, 0.1) is 5.56 Å². The van der Waals surface area contributed by atoms with Gasteiger partial charge >= 0.3 is 0 Å². The SMILES string of the molecule is c1ccc2cc(-c3c4ccccc4c(-c4c5oc6c7ccccc7ccc6c5cc5c4oc4c6ccccc6ccc54)c4ccccc34)ccc2c1. The van der Waals surface area contributed by atoms with Crippen LogP contribution in [0.25, 0.3) is 120 Å². The average molecular weight is 661 g/mol. The van der Waals surface area contributed by atoms with E-state index >= 15 is 0 Å². The maximum atomic E-state index is 7.14. The van der Waals surface area contributed by atoms with Crippen LogP contribution in [0, 0.1) is 0 Å². The highest BCUT2D eigenvalue weighted by molar-refractivity contribution is 6.31. The van der Waals surface area contributed by atoms with Crippen LogP contribution in [0.1, 0.15) is 0 Å². The van der Waals surface area contributed by atoms with Crippen molar-refractivity contribution in [1.29, 1.82) is 0 Å². The molecule has 52 heavy (non-hydrogen) atoms. The molecular formula is C50H28O2. The lowest BCUT2D eigenvalue weighted by Crippen LogP contribution is -1.92. The van der Waals surface area contributed by atoms with Crippen LogP contribution in [0.5, 0.6) is 0 Å². The highest BCUT2D eigenvalue weighted by Crippen LogP contribution is 2.51. The van der Waals surface area contributed by atoms with Gasteiger partial charge in [-0.25, -0.2) is 0 Å². The van der Waals surface area contributed by atoms with E-state index in [1.54, 1.807) is 0 Å². The number of benzene rings is 10. The first-order valence-electron chi connectivity index (χ1n) is 17.8. The maximum absolute atomic E-state index is 7.14. The van der Waals surface area contributed by atoms with Crippen molar-refractivity contribution < 1.29 is 8.83 Å². The fourth-order valence-corrected chi connectivity index (χ4v) is 8.87. The number of fused-ring (bicyclic) bond motifs is 13. The van der Waals surface area contributed by atoms with Crippen molar-refractivity contribution in [2.45, 2.75) is 0 Å². The second kappa shape index (κ2) is 10.3. The summed E-state index contributed by atoms with van der Waals surface area (Å²) in [5.74, 6) is 0. The van der Waals surface area contributed by atoms with Crippen molar-refractivity contribution in [1.82, 2.24) is 0 Å². The van der Waals surface area contributed by atoms with Gasteiger partial charge in [-0.15, -0.1) is 0 Å². The Balaban J connectivity index is 1.31. The summed E-state index contributed by atoms with van der Waals surface area (Å²) < 4.78 is 14.3. The smallest absolute Gasteiger partial charge is 0.147 e. The monoisotopic (exact) mass is 660 g/mol. The molecule has 0 aliphatic rings. The van der Waals surface area contributed by atoms with Gasteiger partial charge in [-0.2, -0.15) is 0 Å². The van der Waals surface area contributed by atoms with Crippen molar-refractivity contribution >= 4 is 97.7 Å². The molecule has 0 saturated carbocycles. The molecule has 0 N–H and O–H groups in total. The van der Waals surface area contributed by atoms with Crippen molar-refractivity contribution in [3.63, 3.8) is 0 Å². The molecular weight excluding hydrogens is 633 g/mol. The zero-order valence-electron chi connectivity index (χ0n) is 28.0. The van der Waals surface area contributed by atoms with E-state index in [9.17, 15) is 0 Å². The van der Waals surface area contributed by atoms with Crippen LogP contribution in [-0.4, -0.2) is 0 Å². The Kier molecular flexibility index (Phi) is 5.53. The minimum absolute atomic E-state index is 0.843. The minimum atomic E-state index is 0.843. The number of rotatable bonds is 2. The van der Waals surface area contributed by atoms with Crippen LogP contribution in [0.4, 0.5) is 0 Å². The summed E-state index contributed by atoms with van der Waals surface area (Å²) in [6.45, 7) is 0. The zero-order valence-corrected chi connectivity index (χ0v) is 28.0. The molecule has 10 aromatic carbocycles. The summed E-state index contributed by atoms with van der Waals surface area (Å²) in [6.07, 6.45) is 0. The molecule has 2 nitrogen and oxygen atoms in total. The molecule has 0 unspecified atom stereocenters. The normalized spacial score (nSPS) is 12.2. The third-order valence-electron chi connectivity index (χ3n) is 11.2. The second-order valence-corrected chi connectivity index (χ2v) is 13.9. The van der Waals surface area contributed by atoms with Gasteiger partial charge in [-0.1, -0.05) is 146 Å². The zero-order chi connectivity index (χ0) is 33.9. The van der Waals surface area contributed by atoms with Crippen LogP contribution < -0.4 is 0 Å². The van der Waals surface area contributed by atoms with Crippen LogP contribution in [0.2, 0.25) is 0 Å². The van der Waals surface area contributed by atoms with Crippen LogP contribution >= 0.6 is 0 Å². The first-order valence-corrected chi connectivity index (χ1v) is 17.8. The molecule has 0 spiro atoms. The molecule has 12 aromatic rings. The third-order valence-corrected chi connectivity index (χ3v) is 11.2. The van der Waals surface area contributed by atoms with Crippen molar-refractivity contribution in [3.8, 4) is 22.3 Å². The van der Waals surface area contributed by atoms with E-state index in [2.05, 4.69) is 170 Å². The molecule has 240 valence electrons. The third kappa shape index (κ3) is 3.73. The first-order chi connectivity index (χ1) is 25.8. The molecule has 2 heteroatoms. The van der Waals surface area contributed by atoms with E-state index in [1.165, 1.54) is 32.7 Å². The molecule has 0 aliphatic heterocycles. The molecule has 12 rings (SSSR count). The van der Waals surface area contributed by atoms with Crippen LogP contribution in [0.15, 0.2) is 179 Å². The molecule has 0 bridgehead atoms. The van der Waals surface area contributed by atoms with Gasteiger partial charge in [0.2, 0.25) is 0 Å². The van der Waals surface area contributed by atoms with E-state index < -0.39 is 0 Å². The fraction of sp³-hybridized carbons (Fsp3) is 0. The molecule has 0 radical (unpaired) electrons. The number of furan rings is 2. The maximum Gasteiger partial charge on any atom is 0.147 e. The second-order valence-electron chi connectivity index (χ2n) is 13.9. The molecule has 2 heterocycles. The van der Waals surface area contributed by atoms with Crippen molar-refractivity contribution in [2.75, 3.05) is 0 Å². The standard InChI is InChI=1S/C50H28O2/c1-2-14-32-27-33(22-21-29(32)11-1)44-36-17-7-9-19-38(36)45(39-20-10-8-18-37(39)44)46-49-42(40-25-23-30-12-3-5-15-34(30)47(40)51-49)28-43-41-26-24-31-13-4-6-16-35(31)48(41)52-50(43)46/h1-28H. The van der Waals surface area contributed by atoms with Gasteiger partial charge in [0.15, 0.2) is 0 Å². The van der Waals surface area contributed by atoms with Crippen molar-refractivity contribution in [2.24, 2.45) is 0 Å². The Hall–Kier alpha value is -6.90. The first kappa shape index (κ1) is 27.9. The summed E-state index contributed by atoms with van der Waals surface area (Å²) in [6, 6.07) is 61.2. The predicted molar refractivity (Wildman–Crippen MR) is 219 cm³/mol. The van der Waals surface area contributed by atoms with E-state index in [0.717, 1.165) is 87.3 Å². The highest BCUT2D eigenvalue weighted by Gasteiger charge is 2.26. The summed E-state index contributed by atoms with van der Waals surface area (Å²) in [4.78, 5) is 0. The summed E-state index contributed by atoms with van der Waals surface area (Å²) in [5.41, 5.74) is 8.04. The molecule has 0 fully saturated rings. The molecule has 0 aliphatic carbocycles. The Morgan fingerprint density at radius 2 is 0.654 bits per heavy atom. The highest BCUT2D eigenvalue weighted by atomic mass is 16.3.